The Labute approximate surface area is 133 Å². The molecule has 0 fully saturated rings. The van der Waals surface area contributed by atoms with Gasteiger partial charge in [0.05, 0.1) is 22.5 Å². The van der Waals surface area contributed by atoms with Gasteiger partial charge in [0.1, 0.15) is 6.61 Å². The van der Waals surface area contributed by atoms with Crippen LogP contribution in [0.15, 0.2) is 22.7 Å². The Balaban J connectivity index is 2.26. The highest BCUT2D eigenvalue weighted by atomic mass is 79.9. The van der Waals surface area contributed by atoms with E-state index in [9.17, 15) is 0 Å². The van der Waals surface area contributed by atoms with Crippen LogP contribution in [0.5, 0.6) is 11.5 Å². The van der Waals surface area contributed by atoms with Gasteiger partial charge >= 0.3 is 0 Å². The summed E-state index contributed by atoms with van der Waals surface area (Å²) < 4.78 is 14.4. The first-order chi connectivity index (χ1) is 10.1. The minimum atomic E-state index is 0.398. The van der Waals surface area contributed by atoms with Gasteiger partial charge in [-0.15, -0.1) is 0 Å². The molecule has 0 radical (unpaired) electrons. The molecule has 2 rings (SSSR count). The second-order valence-corrected chi connectivity index (χ2v) is 5.43. The predicted molar refractivity (Wildman–Crippen MR) is 85.5 cm³/mol. The molecule has 0 bridgehead atoms. The first kappa shape index (κ1) is 15.9. The van der Waals surface area contributed by atoms with Crippen LogP contribution < -0.4 is 15.2 Å². The standard InChI is InChI=1S/C15H20BrN3O2/c1-4-20-13-7-5-6-11(8-17)15(13)21-9-12-14(16)10(2)18-19(12)3/h5-7H,4,8-9,17H2,1-3H3. The van der Waals surface area contributed by atoms with Crippen LogP contribution in [0.4, 0.5) is 0 Å². The predicted octanol–water partition coefficient (Wildman–Crippen LogP) is 2.93. The molecule has 0 amide bonds. The minimum absolute atomic E-state index is 0.398. The van der Waals surface area contributed by atoms with E-state index in [1.807, 2.05) is 43.8 Å². The first-order valence-electron chi connectivity index (χ1n) is 6.84. The van der Waals surface area contributed by atoms with Gasteiger partial charge in [-0.05, 0) is 35.8 Å². The zero-order valence-electron chi connectivity index (χ0n) is 12.5. The van der Waals surface area contributed by atoms with Crippen molar-refractivity contribution in [1.29, 1.82) is 0 Å². The Bertz CT molecular complexity index is 626. The largest absolute Gasteiger partial charge is 0.490 e. The first-order valence-corrected chi connectivity index (χ1v) is 7.63. The van der Waals surface area contributed by atoms with E-state index in [0.29, 0.717) is 25.5 Å². The van der Waals surface area contributed by atoms with Crippen molar-refractivity contribution in [2.45, 2.75) is 27.0 Å². The van der Waals surface area contributed by atoms with Gasteiger partial charge in [0.25, 0.3) is 0 Å². The molecule has 0 spiro atoms. The monoisotopic (exact) mass is 353 g/mol. The van der Waals surface area contributed by atoms with Gasteiger partial charge in [-0.25, -0.2) is 0 Å². The molecule has 1 aromatic heterocycles. The van der Waals surface area contributed by atoms with Gasteiger partial charge in [0.15, 0.2) is 11.5 Å². The van der Waals surface area contributed by atoms with Gasteiger partial charge in [0.2, 0.25) is 0 Å². The molecule has 0 saturated heterocycles. The van der Waals surface area contributed by atoms with Crippen LogP contribution in [0, 0.1) is 6.92 Å². The summed E-state index contributed by atoms with van der Waals surface area (Å²) >= 11 is 3.54. The fraction of sp³-hybridized carbons (Fsp3) is 0.400. The van der Waals surface area contributed by atoms with E-state index in [4.69, 9.17) is 15.2 Å². The maximum atomic E-state index is 5.98. The van der Waals surface area contributed by atoms with Crippen LogP contribution in [0.2, 0.25) is 0 Å². The van der Waals surface area contributed by atoms with Gasteiger partial charge in [-0.1, -0.05) is 12.1 Å². The number of benzene rings is 1. The topological polar surface area (TPSA) is 62.3 Å². The molecule has 0 aliphatic rings. The van der Waals surface area contributed by atoms with Gasteiger partial charge in [-0.2, -0.15) is 5.10 Å². The molecule has 1 heterocycles. The fourth-order valence-corrected chi connectivity index (χ4v) is 2.58. The van der Waals surface area contributed by atoms with Crippen LogP contribution in [0.3, 0.4) is 0 Å². The zero-order valence-corrected chi connectivity index (χ0v) is 14.1. The Hall–Kier alpha value is -1.53. The molecule has 5 nitrogen and oxygen atoms in total. The van der Waals surface area contributed by atoms with Crippen molar-refractivity contribution in [1.82, 2.24) is 9.78 Å². The van der Waals surface area contributed by atoms with Crippen molar-refractivity contribution in [3.8, 4) is 11.5 Å². The molecule has 0 atom stereocenters. The van der Waals surface area contributed by atoms with Crippen LogP contribution >= 0.6 is 15.9 Å². The highest BCUT2D eigenvalue weighted by molar-refractivity contribution is 9.10. The van der Waals surface area contributed by atoms with Crippen LogP contribution in [-0.4, -0.2) is 16.4 Å². The number of rotatable bonds is 6. The summed E-state index contributed by atoms with van der Waals surface area (Å²) in [5, 5.41) is 4.36. The molecule has 21 heavy (non-hydrogen) atoms. The highest BCUT2D eigenvalue weighted by Crippen LogP contribution is 2.32. The Morgan fingerprint density at radius 1 is 1.33 bits per heavy atom. The third-order valence-corrected chi connectivity index (χ3v) is 4.23. The lowest BCUT2D eigenvalue weighted by atomic mass is 10.2. The molecule has 6 heteroatoms. The van der Waals surface area contributed by atoms with Crippen LogP contribution in [0.1, 0.15) is 23.9 Å². The van der Waals surface area contributed by atoms with Crippen molar-refractivity contribution in [3.05, 3.63) is 39.6 Å². The van der Waals surface area contributed by atoms with E-state index < -0.39 is 0 Å². The molecule has 0 aliphatic carbocycles. The Morgan fingerprint density at radius 3 is 2.67 bits per heavy atom. The summed E-state index contributed by atoms with van der Waals surface area (Å²) in [5.74, 6) is 1.42. The quantitative estimate of drug-likeness (QED) is 0.867. The molecule has 114 valence electrons. The van der Waals surface area contributed by atoms with E-state index in [2.05, 4.69) is 21.0 Å². The number of nitrogens with two attached hydrogens (primary N) is 1. The normalized spacial score (nSPS) is 10.7. The average Bonchev–Trinajstić information content (AvgIpc) is 2.71. The van der Waals surface area contributed by atoms with Crippen molar-refractivity contribution >= 4 is 15.9 Å². The van der Waals surface area contributed by atoms with Crippen molar-refractivity contribution in [2.24, 2.45) is 12.8 Å². The minimum Gasteiger partial charge on any atom is -0.490 e. The molecular formula is C15H20BrN3O2. The highest BCUT2D eigenvalue weighted by Gasteiger charge is 2.14. The van der Waals surface area contributed by atoms with Gasteiger partial charge < -0.3 is 15.2 Å². The number of hydrogen-bond donors (Lipinski definition) is 1. The summed E-state index contributed by atoms with van der Waals surface area (Å²) in [5.41, 5.74) is 8.63. The van der Waals surface area contributed by atoms with Gasteiger partial charge in [-0.3, -0.25) is 4.68 Å². The lowest BCUT2D eigenvalue weighted by molar-refractivity contribution is 0.260. The zero-order chi connectivity index (χ0) is 15.4. The Kier molecular flexibility index (Phi) is 5.25. The van der Waals surface area contributed by atoms with E-state index in [1.165, 1.54) is 0 Å². The molecule has 2 N–H and O–H groups in total. The molecule has 0 aliphatic heterocycles. The number of aryl methyl sites for hydroxylation is 2. The third kappa shape index (κ3) is 3.39. The molecule has 1 aromatic carbocycles. The van der Waals surface area contributed by atoms with E-state index in [1.54, 1.807) is 0 Å². The smallest absolute Gasteiger partial charge is 0.166 e. The SMILES string of the molecule is CCOc1cccc(CN)c1OCc1c(Br)c(C)nn1C. The van der Waals surface area contributed by atoms with Crippen LogP contribution in [-0.2, 0) is 20.2 Å². The van der Waals surface area contributed by atoms with E-state index >= 15 is 0 Å². The van der Waals surface area contributed by atoms with Crippen LogP contribution in [0.25, 0.3) is 0 Å². The summed E-state index contributed by atoms with van der Waals surface area (Å²) in [6, 6.07) is 5.76. The van der Waals surface area contributed by atoms with E-state index in [0.717, 1.165) is 27.2 Å². The maximum Gasteiger partial charge on any atom is 0.166 e. The molecule has 2 aromatic rings. The second-order valence-electron chi connectivity index (χ2n) is 4.64. The number of para-hydroxylation sites is 1. The van der Waals surface area contributed by atoms with Crippen molar-refractivity contribution in [2.75, 3.05) is 6.61 Å². The number of ether oxygens (including phenoxy) is 2. The third-order valence-electron chi connectivity index (χ3n) is 3.20. The fourth-order valence-electron chi connectivity index (χ4n) is 2.13. The summed E-state index contributed by atoms with van der Waals surface area (Å²) in [4.78, 5) is 0. The summed E-state index contributed by atoms with van der Waals surface area (Å²) in [6.07, 6.45) is 0. The molecule has 0 unspecified atom stereocenters. The lowest BCUT2D eigenvalue weighted by Crippen LogP contribution is -2.08. The number of aromatic nitrogens is 2. The Morgan fingerprint density at radius 2 is 2.10 bits per heavy atom. The van der Waals surface area contributed by atoms with Crippen molar-refractivity contribution < 1.29 is 9.47 Å². The number of halogens is 1. The second kappa shape index (κ2) is 6.95. The summed E-state index contributed by atoms with van der Waals surface area (Å²) in [7, 11) is 1.90. The van der Waals surface area contributed by atoms with Gasteiger partial charge in [0, 0.05) is 19.2 Å². The van der Waals surface area contributed by atoms with E-state index in [-0.39, 0.29) is 0 Å². The maximum absolute atomic E-state index is 5.98. The average molecular weight is 354 g/mol. The summed E-state index contributed by atoms with van der Waals surface area (Å²) in [6.45, 7) is 5.28. The number of hydrogen-bond acceptors (Lipinski definition) is 4. The van der Waals surface area contributed by atoms with Crippen molar-refractivity contribution in [3.63, 3.8) is 0 Å². The number of nitrogens with zero attached hydrogens (tertiary/aromatic N) is 2. The molecular weight excluding hydrogens is 334 g/mol. The molecule has 0 saturated carbocycles. The lowest BCUT2D eigenvalue weighted by Gasteiger charge is -2.15.